The first-order valence-electron chi connectivity index (χ1n) is 7.56. The highest BCUT2D eigenvalue weighted by atomic mass is 19.1. The molecule has 7 heteroatoms. The number of nitrogens with one attached hydrogen (secondary N) is 1. The number of aryl methyl sites for hydroxylation is 1. The first-order chi connectivity index (χ1) is 12.1. The van der Waals surface area contributed by atoms with Crippen LogP contribution in [-0.2, 0) is 0 Å². The normalized spacial score (nSPS) is 16.3. The van der Waals surface area contributed by atoms with Gasteiger partial charge in [0.2, 0.25) is 11.8 Å². The van der Waals surface area contributed by atoms with Gasteiger partial charge < -0.3 is 14.9 Å². The van der Waals surface area contributed by atoms with Crippen molar-refractivity contribution in [2.75, 3.05) is 0 Å². The maximum atomic E-state index is 13.2. The lowest BCUT2D eigenvalue weighted by atomic mass is 9.86. The zero-order valence-electron chi connectivity index (χ0n) is 13.2. The van der Waals surface area contributed by atoms with E-state index in [0.717, 1.165) is 0 Å². The summed E-state index contributed by atoms with van der Waals surface area (Å²) in [5, 5.41) is 16.6. The number of furan rings is 1. The number of aromatic nitrogens is 2. The molecular formula is C18H13FN4O2. The summed E-state index contributed by atoms with van der Waals surface area (Å²) in [5.41, 5.74) is 8.10. The molecule has 0 saturated carbocycles. The largest absolute Gasteiger partial charge is 0.465 e. The summed E-state index contributed by atoms with van der Waals surface area (Å²) in [5.74, 6) is 0.646. The number of halogens is 1. The minimum Gasteiger partial charge on any atom is -0.465 e. The molecule has 0 spiro atoms. The zero-order chi connectivity index (χ0) is 17.6. The number of nitrogens with zero attached hydrogens (tertiary/aromatic N) is 2. The fourth-order valence-corrected chi connectivity index (χ4v) is 2.97. The molecule has 0 radical (unpaired) electrons. The third-order valence-electron chi connectivity index (χ3n) is 4.12. The lowest BCUT2D eigenvalue weighted by molar-refractivity contribution is 0.369. The Kier molecular flexibility index (Phi) is 3.32. The van der Waals surface area contributed by atoms with Gasteiger partial charge in [-0.3, -0.25) is 5.10 Å². The van der Waals surface area contributed by atoms with Gasteiger partial charge in [0.1, 0.15) is 29.0 Å². The second kappa shape index (κ2) is 5.53. The van der Waals surface area contributed by atoms with Crippen LogP contribution in [0.3, 0.4) is 0 Å². The highest BCUT2D eigenvalue weighted by Gasteiger charge is 2.37. The van der Waals surface area contributed by atoms with E-state index in [1.54, 1.807) is 18.2 Å². The minimum atomic E-state index is -0.554. The lowest BCUT2D eigenvalue weighted by Crippen LogP contribution is -2.20. The third-order valence-corrected chi connectivity index (χ3v) is 4.12. The van der Waals surface area contributed by atoms with Gasteiger partial charge in [0, 0.05) is 5.56 Å². The van der Waals surface area contributed by atoms with Gasteiger partial charge in [0.05, 0.1) is 17.2 Å². The standard InChI is InChI=1S/C18H13FN4O2/c1-9-2-7-13(24-9)14-12(8-20)17(21)25-18-15(14)16(22-23-18)10-3-5-11(19)6-4-10/h2-7,14H,21H2,1H3,(H,22,23). The number of allylic oxidation sites excluding steroid dienone is 1. The summed E-state index contributed by atoms with van der Waals surface area (Å²) >= 11 is 0. The Morgan fingerprint density at radius 3 is 2.64 bits per heavy atom. The number of nitrogens with two attached hydrogens (primary N) is 1. The van der Waals surface area contributed by atoms with Crippen LogP contribution in [0, 0.1) is 24.1 Å². The van der Waals surface area contributed by atoms with Gasteiger partial charge >= 0.3 is 0 Å². The van der Waals surface area contributed by atoms with Crippen molar-refractivity contribution in [1.29, 1.82) is 5.26 Å². The number of fused-ring (bicyclic) bond motifs is 1. The fraction of sp³-hybridized carbons (Fsp3) is 0.111. The van der Waals surface area contributed by atoms with Crippen molar-refractivity contribution in [3.05, 3.63) is 70.8 Å². The number of H-pyrrole nitrogens is 1. The van der Waals surface area contributed by atoms with Crippen LogP contribution >= 0.6 is 0 Å². The Bertz CT molecular complexity index is 1020. The van der Waals surface area contributed by atoms with Crippen LogP contribution in [0.5, 0.6) is 5.88 Å². The predicted molar refractivity (Wildman–Crippen MR) is 86.7 cm³/mol. The third kappa shape index (κ3) is 2.35. The molecule has 1 aliphatic rings. The molecule has 0 aliphatic carbocycles. The van der Waals surface area contributed by atoms with E-state index >= 15 is 0 Å². The molecule has 3 aromatic rings. The van der Waals surface area contributed by atoms with Gasteiger partial charge in [0.25, 0.3) is 0 Å². The van der Waals surface area contributed by atoms with Crippen molar-refractivity contribution in [3.63, 3.8) is 0 Å². The predicted octanol–water partition coefficient (Wildman–Crippen LogP) is 3.34. The summed E-state index contributed by atoms with van der Waals surface area (Å²) in [6.07, 6.45) is 0. The van der Waals surface area contributed by atoms with Crippen LogP contribution in [0.15, 0.2) is 52.3 Å². The molecule has 0 bridgehead atoms. The molecule has 0 saturated heterocycles. The van der Waals surface area contributed by atoms with Crippen LogP contribution in [0.1, 0.15) is 23.0 Å². The first-order valence-corrected chi connectivity index (χ1v) is 7.56. The maximum Gasteiger partial charge on any atom is 0.244 e. The van der Waals surface area contributed by atoms with Gasteiger partial charge in [0.15, 0.2) is 0 Å². The SMILES string of the molecule is Cc1ccc(C2C(C#N)=C(N)Oc3n[nH]c(-c4ccc(F)cc4)c32)o1. The van der Waals surface area contributed by atoms with Gasteiger partial charge in [-0.15, -0.1) is 5.10 Å². The van der Waals surface area contributed by atoms with Gasteiger partial charge in [-0.25, -0.2) is 4.39 Å². The van der Waals surface area contributed by atoms with E-state index in [1.807, 2.05) is 13.0 Å². The fourth-order valence-electron chi connectivity index (χ4n) is 2.97. The molecule has 3 N–H and O–H groups in total. The molecule has 1 aromatic carbocycles. The molecule has 0 fully saturated rings. The summed E-state index contributed by atoms with van der Waals surface area (Å²) in [6, 6.07) is 11.7. The highest BCUT2D eigenvalue weighted by Crippen LogP contribution is 2.45. The zero-order valence-corrected chi connectivity index (χ0v) is 13.2. The van der Waals surface area contributed by atoms with Crippen molar-refractivity contribution >= 4 is 0 Å². The highest BCUT2D eigenvalue weighted by molar-refractivity contribution is 5.70. The molecule has 1 unspecified atom stereocenters. The van der Waals surface area contributed by atoms with Crippen molar-refractivity contribution in [3.8, 4) is 23.2 Å². The molecule has 25 heavy (non-hydrogen) atoms. The topological polar surface area (TPSA) is 101 Å². The minimum absolute atomic E-state index is 0.00814. The Balaban J connectivity index is 1.94. The van der Waals surface area contributed by atoms with Crippen molar-refractivity contribution in [2.45, 2.75) is 12.8 Å². The van der Waals surface area contributed by atoms with Crippen molar-refractivity contribution in [2.24, 2.45) is 5.73 Å². The molecule has 3 heterocycles. The Hall–Kier alpha value is -3.53. The Morgan fingerprint density at radius 2 is 2.00 bits per heavy atom. The number of hydrogen-bond acceptors (Lipinski definition) is 5. The summed E-state index contributed by atoms with van der Waals surface area (Å²) in [7, 11) is 0. The second-order valence-corrected chi connectivity index (χ2v) is 5.70. The van der Waals surface area contributed by atoms with E-state index in [-0.39, 0.29) is 23.2 Å². The number of nitriles is 1. The molecule has 2 aromatic heterocycles. The van der Waals surface area contributed by atoms with Crippen molar-refractivity contribution < 1.29 is 13.5 Å². The van der Waals surface area contributed by atoms with E-state index in [1.165, 1.54) is 12.1 Å². The van der Waals surface area contributed by atoms with Crippen LogP contribution in [-0.4, -0.2) is 10.2 Å². The van der Waals surface area contributed by atoms with E-state index in [9.17, 15) is 9.65 Å². The Labute approximate surface area is 142 Å². The van der Waals surface area contributed by atoms with E-state index in [2.05, 4.69) is 16.3 Å². The summed E-state index contributed by atoms with van der Waals surface area (Å²) in [4.78, 5) is 0. The number of benzene rings is 1. The second-order valence-electron chi connectivity index (χ2n) is 5.70. The number of rotatable bonds is 2. The average molecular weight is 336 g/mol. The van der Waals surface area contributed by atoms with Gasteiger partial charge in [-0.2, -0.15) is 5.26 Å². The average Bonchev–Trinajstić information content (AvgIpc) is 3.20. The van der Waals surface area contributed by atoms with Gasteiger partial charge in [-0.05, 0) is 43.3 Å². The van der Waals surface area contributed by atoms with Gasteiger partial charge in [-0.1, -0.05) is 0 Å². The summed E-state index contributed by atoms with van der Waals surface area (Å²) in [6.45, 7) is 1.82. The van der Waals surface area contributed by atoms with Crippen LogP contribution < -0.4 is 10.5 Å². The van der Waals surface area contributed by atoms with E-state index in [0.29, 0.717) is 28.3 Å². The molecule has 124 valence electrons. The number of ether oxygens (including phenoxy) is 1. The molecule has 0 amide bonds. The molecule has 1 aliphatic heterocycles. The monoisotopic (exact) mass is 336 g/mol. The quantitative estimate of drug-likeness (QED) is 0.747. The van der Waals surface area contributed by atoms with Crippen molar-refractivity contribution in [1.82, 2.24) is 10.2 Å². The number of hydrogen-bond donors (Lipinski definition) is 2. The van der Waals surface area contributed by atoms with E-state index in [4.69, 9.17) is 14.9 Å². The smallest absolute Gasteiger partial charge is 0.244 e. The summed E-state index contributed by atoms with van der Waals surface area (Å²) < 4.78 is 24.5. The molecule has 1 atom stereocenters. The van der Waals surface area contributed by atoms with Crippen LogP contribution in [0.25, 0.3) is 11.3 Å². The lowest BCUT2D eigenvalue weighted by Gasteiger charge is -2.22. The molecule has 6 nitrogen and oxygen atoms in total. The van der Waals surface area contributed by atoms with Crippen LogP contribution in [0.4, 0.5) is 4.39 Å². The first kappa shape index (κ1) is 15.0. The Morgan fingerprint density at radius 1 is 1.24 bits per heavy atom. The number of aromatic amines is 1. The van der Waals surface area contributed by atoms with Crippen LogP contribution in [0.2, 0.25) is 0 Å². The molecular weight excluding hydrogens is 323 g/mol. The molecule has 4 rings (SSSR count). The van der Waals surface area contributed by atoms with E-state index < -0.39 is 5.92 Å². The maximum absolute atomic E-state index is 13.2.